The number of nitrogens with zero attached hydrogens (tertiary/aromatic N) is 1. The van der Waals surface area contributed by atoms with Crippen molar-refractivity contribution in [2.45, 2.75) is 6.43 Å². The van der Waals surface area contributed by atoms with Crippen molar-refractivity contribution in [2.75, 3.05) is 0 Å². The number of aromatic nitrogens is 1. The van der Waals surface area contributed by atoms with Gasteiger partial charge in [-0.15, -0.1) is 0 Å². The van der Waals surface area contributed by atoms with Gasteiger partial charge < -0.3 is 5.11 Å². The largest absolute Gasteiger partial charge is 0.478 e. The summed E-state index contributed by atoms with van der Waals surface area (Å²) in [7, 11) is 0. The fraction of sp³-hybridized carbons (Fsp3) is 0.143. The van der Waals surface area contributed by atoms with Crippen molar-refractivity contribution in [2.24, 2.45) is 0 Å². The van der Waals surface area contributed by atoms with Crippen molar-refractivity contribution in [3.8, 4) is 0 Å². The predicted molar refractivity (Wildman–Crippen MR) is 56.6 cm³/mol. The summed E-state index contributed by atoms with van der Waals surface area (Å²) in [5, 5.41) is 8.68. The van der Waals surface area contributed by atoms with Gasteiger partial charge in [0.25, 0.3) is 6.43 Å². The monoisotopic (exact) mass is 377 g/mol. The van der Waals surface area contributed by atoms with Crippen LogP contribution in [0.2, 0.25) is 0 Å². The van der Waals surface area contributed by atoms with Crippen molar-refractivity contribution in [1.29, 1.82) is 0 Å². The summed E-state index contributed by atoms with van der Waals surface area (Å²) < 4.78 is 25.1. The smallest absolute Gasteiger partial charge is 0.336 e. The molecule has 0 saturated heterocycles. The Kier molecular flexibility index (Phi) is 3.76. The third-order valence-electron chi connectivity index (χ3n) is 1.43. The van der Waals surface area contributed by atoms with Crippen LogP contribution in [0.4, 0.5) is 8.78 Å². The van der Waals surface area contributed by atoms with E-state index in [1.807, 2.05) is 0 Å². The van der Waals surface area contributed by atoms with Crippen LogP contribution in [0.1, 0.15) is 22.3 Å². The van der Waals surface area contributed by atoms with E-state index in [4.69, 9.17) is 5.11 Å². The van der Waals surface area contributed by atoms with Crippen molar-refractivity contribution < 1.29 is 18.7 Å². The fourth-order valence-corrected chi connectivity index (χ4v) is 2.34. The molecule has 0 fully saturated rings. The first-order valence-electron chi connectivity index (χ1n) is 3.31. The number of alkyl halides is 2. The van der Waals surface area contributed by atoms with Gasteiger partial charge in [0.05, 0.1) is 11.1 Å². The summed E-state index contributed by atoms with van der Waals surface area (Å²) in [5.74, 6) is -1.39. The number of aromatic carboxylic acids is 1. The van der Waals surface area contributed by atoms with Crippen LogP contribution >= 0.6 is 38.5 Å². The van der Waals surface area contributed by atoms with E-state index in [9.17, 15) is 13.6 Å². The van der Waals surface area contributed by atoms with E-state index in [0.717, 1.165) is 6.07 Å². The van der Waals surface area contributed by atoms with E-state index in [1.54, 1.807) is 22.6 Å². The lowest BCUT2D eigenvalue weighted by molar-refractivity contribution is 0.0683. The number of carboxylic acid groups (broad SMARTS) is 1. The number of rotatable bonds is 2. The molecule has 0 aromatic carbocycles. The van der Waals surface area contributed by atoms with Gasteiger partial charge in [-0.25, -0.2) is 18.6 Å². The van der Waals surface area contributed by atoms with Gasteiger partial charge in [0.1, 0.15) is 8.30 Å². The van der Waals surface area contributed by atoms with Gasteiger partial charge in [0, 0.05) is 0 Å². The Morgan fingerprint density at radius 3 is 2.64 bits per heavy atom. The Bertz CT molecular complexity index is 386. The lowest BCUT2D eigenvalue weighted by atomic mass is 10.1. The highest BCUT2D eigenvalue weighted by Crippen LogP contribution is 2.30. The van der Waals surface area contributed by atoms with Crippen molar-refractivity contribution in [3.63, 3.8) is 0 Å². The molecule has 0 unspecified atom stereocenters. The van der Waals surface area contributed by atoms with Crippen LogP contribution in [-0.2, 0) is 0 Å². The molecule has 0 amide bonds. The molecule has 0 bridgehead atoms. The molecule has 0 saturated carbocycles. The number of hydrogen-bond donors (Lipinski definition) is 1. The van der Waals surface area contributed by atoms with Crippen LogP contribution < -0.4 is 0 Å². The molecule has 0 aliphatic carbocycles. The number of halogens is 4. The zero-order valence-corrected chi connectivity index (χ0v) is 10.2. The summed E-state index contributed by atoms with van der Waals surface area (Å²) in [4.78, 5) is 14.3. The van der Waals surface area contributed by atoms with E-state index in [2.05, 4.69) is 20.9 Å². The van der Waals surface area contributed by atoms with Gasteiger partial charge in [0.15, 0.2) is 0 Å². The molecule has 0 aliphatic rings. The van der Waals surface area contributed by atoms with E-state index < -0.39 is 23.5 Å². The maximum absolute atomic E-state index is 12.4. The Labute approximate surface area is 99.8 Å². The predicted octanol–water partition coefficient (Wildman–Crippen LogP) is 3.08. The van der Waals surface area contributed by atoms with Crippen LogP contribution in [0.5, 0.6) is 0 Å². The molecular weight excluding hydrogens is 375 g/mol. The second-order valence-electron chi connectivity index (χ2n) is 2.30. The summed E-state index contributed by atoms with van der Waals surface area (Å²) in [6, 6.07) is 1.11. The molecule has 7 heteroatoms. The van der Waals surface area contributed by atoms with Crippen LogP contribution in [0.15, 0.2) is 10.7 Å². The third-order valence-corrected chi connectivity index (χ3v) is 2.59. The molecule has 0 aliphatic heterocycles. The summed E-state index contributed by atoms with van der Waals surface area (Å²) in [5.41, 5.74) is -1.01. The SMILES string of the molecule is O=C(O)c1cc(I)nc(Br)c1C(F)F. The molecule has 0 radical (unpaired) electrons. The highest BCUT2D eigenvalue weighted by molar-refractivity contribution is 14.1. The van der Waals surface area contributed by atoms with Gasteiger partial charge in [-0.2, -0.15) is 0 Å². The molecular formula is C7H3BrF2INO2. The molecule has 76 valence electrons. The molecule has 1 aromatic heterocycles. The van der Waals surface area contributed by atoms with E-state index in [1.165, 1.54) is 0 Å². The third kappa shape index (κ3) is 2.38. The number of hydrogen-bond acceptors (Lipinski definition) is 2. The van der Waals surface area contributed by atoms with E-state index in [-0.39, 0.29) is 4.60 Å². The number of pyridine rings is 1. The first-order valence-corrected chi connectivity index (χ1v) is 5.18. The first-order chi connectivity index (χ1) is 6.43. The minimum atomic E-state index is -2.86. The zero-order chi connectivity index (χ0) is 10.9. The minimum Gasteiger partial charge on any atom is -0.478 e. The minimum absolute atomic E-state index is 0.128. The van der Waals surface area contributed by atoms with Gasteiger partial charge in [-0.05, 0) is 44.6 Å². The lowest BCUT2D eigenvalue weighted by Crippen LogP contribution is -2.06. The van der Waals surface area contributed by atoms with Gasteiger partial charge in [-0.3, -0.25) is 0 Å². The maximum Gasteiger partial charge on any atom is 0.336 e. The van der Waals surface area contributed by atoms with Gasteiger partial charge in [-0.1, -0.05) is 0 Å². The number of carbonyl (C=O) groups is 1. The van der Waals surface area contributed by atoms with Crippen LogP contribution in [0, 0.1) is 3.70 Å². The lowest BCUT2D eigenvalue weighted by Gasteiger charge is -2.07. The highest BCUT2D eigenvalue weighted by Gasteiger charge is 2.22. The average molecular weight is 378 g/mol. The maximum atomic E-state index is 12.4. The van der Waals surface area contributed by atoms with Crippen molar-refractivity contribution in [3.05, 3.63) is 25.5 Å². The van der Waals surface area contributed by atoms with Crippen molar-refractivity contribution >= 4 is 44.5 Å². The molecule has 1 aromatic rings. The Morgan fingerprint density at radius 2 is 2.21 bits per heavy atom. The topological polar surface area (TPSA) is 50.2 Å². The van der Waals surface area contributed by atoms with Crippen LogP contribution in [0.3, 0.4) is 0 Å². The number of carboxylic acids is 1. The van der Waals surface area contributed by atoms with E-state index >= 15 is 0 Å². The average Bonchev–Trinajstić information content (AvgIpc) is 2.01. The molecule has 1 heterocycles. The second kappa shape index (κ2) is 4.47. The first kappa shape index (κ1) is 11.8. The van der Waals surface area contributed by atoms with Gasteiger partial charge >= 0.3 is 5.97 Å². The quantitative estimate of drug-likeness (QED) is 0.636. The molecule has 0 spiro atoms. The van der Waals surface area contributed by atoms with Gasteiger partial charge in [0.2, 0.25) is 0 Å². The molecule has 1 rings (SSSR count). The Hall–Kier alpha value is -0.310. The summed E-state index contributed by atoms with van der Waals surface area (Å²) in [6.07, 6.45) is -2.86. The molecule has 0 atom stereocenters. The standard InChI is InChI=1S/C7H3BrF2INO2/c8-5-4(6(9)10)2(7(13)14)1-3(11)12-5/h1,6H,(H,13,14). The van der Waals surface area contributed by atoms with Crippen LogP contribution in [-0.4, -0.2) is 16.1 Å². The summed E-state index contributed by atoms with van der Waals surface area (Å²) >= 11 is 4.56. The van der Waals surface area contributed by atoms with Crippen LogP contribution in [0.25, 0.3) is 0 Å². The Morgan fingerprint density at radius 1 is 1.64 bits per heavy atom. The fourth-order valence-electron chi connectivity index (χ4n) is 0.879. The zero-order valence-electron chi connectivity index (χ0n) is 6.47. The molecule has 1 N–H and O–H groups in total. The second-order valence-corrected chi connectivity index (χ2v) is 4.16. The summed E-state index contributed by atoms with van der Waals surface area (Å²) in [6.45, 7) is 0. The Balaban J connectivity index is 3.44. The van der Waals surface area contributed by atoms with E-state index in [0.29, 0.717) is 3.70 Å². The highest BCUT2D eigenvalue weighted by atomic mass is 127. The van der Waals surface area contributed by atoms with Crippen molar-refractivity contribution in [1.82, 2.24) is 4.98 Å². The molecule has 14 heavy (non-hydrogen) atoms. The molecule has 3 nitrogen and oxygen atoms in total. The normalized spacial score (nSPS) is 10.6.